The SMILES string of the molecule is COc1cccc(CCn2cc(O)n(-c3cnn(CC(C(C)=N)C(C)=N)c3)c2=O)c1. The van der Waals surface area contributed by atoms with Gasteiger partial charge in [0.05, 0.1) is 37.7 Å². The predicted octanol–water partition coefficient (Wildman–Crippen LogP) is 2.49. The predicted molar refractivity (Wildman–Crippen MR) is 114 cm³/mol. The number of hydrogen-bond acceptors (Lipinski definition) is 6. The van der Waals surface area contributed by atoms with Crippen molar-refractivity contribution in [3.05, 3.63) is 58.9 Å². The Hall–Kier alpha value is -3.62. The molecule has 1 aromatic carbocycles. The monoisotopic (exact) mass is 410 g/mol. The van der Waals surface area contributed by atoms with Crippen LogP contribution in [0, 0.1) is 16.7 Å². The Morgan fingerprint density at radius 3 is 2.63 bits per heavy atom. The molecule has 0 saturated carbocycles. The van der Waals surface area contributed by atoms with Gasteiger partial charge in [0.1, 0.15) is 5.75 Å². The van der Waals surface area contributed by atoms with Crippen LogP contribution in [-0.4, -0.2) is 42.6 Å². The van der Waals surface area contributed by atoms with Crippen LogP contribution in [0.4, 0.5) is 0 Å². The molecule has 30 heavy (non-hydrogen) atoms. The van der Waals surface area contributed by atoms with E-state index in [1.165, 1.54) is 21.5 Å². The Labute approximate surface area is 174 Å². The highest BCUT2D eigenvalue weighted by Gasteiger charge is 2.17. The summed E-state index contributed by atoms with van der Waals surface area (Å²) in [5, 5.41) is 30.2. The highest BCUT2D eigenvalue weighted by Crippen LogP contribution is 2.17. The van der Waals surface area contributed by atoms with E-state index in [2.05, 4.69) is 5.10 Å². The number of hydrogen-bond donors (Lipinski definition) is 3. The molecule has 0 saturated heterocycles. The van der Waals surface area contributed by atoms with E-state index in [0.29, 0.717) is 36.6 Å². The smallest absolute Gasteiger partial charge is 0.335 e. The summed E-state index contributed by atoms with van der Waals surface area (Å²) in [6.45, 7) is 4.05. The molecular weight excluding hydrogens is 384 g/mol. The minimum Gasteiger partial charge on any atom is -0.497 e. The van der Waals surface area contributed by atoms with Gasteiger partial charge in [0.2, 0.25) is 5.88 Å². The molecule has 0 radical (unpaired) electrons. The third-order valence-corrected chi connectivity index (χ3v) is 5.01. The first kappa shape index (κ1) is 21.1. The molecule has 9 heteroatoms. The van der Waals surface area contributed by atoms with Crippen molar-refractivity contribution in [1.82, 2.24) is 18.9 Å². The summed E-state index contributed by atoms with van der Waals surface area (Å²) in [5.74, 6) is 0.232. The third-order valence-electron chi connectivity index (χ3n) is 5.01. The van der Waals surface area contributed by atoms with Crippen LogP contribution in [0.5, 0.6) is 11.6 Å². The molecule has 158 valence electrons. The van der Waals surface area contributed by atoms with Crippen molar-refractivity contribution in [3.63, 3.8) is 0 Å². The van der Waals surface area contributed by atoms with Gasteiger partial charge in [0, 0.05) is 24.2 Å². The largest absolute Gasteiger partial charge is 0.497 e. The highest BCUT2D eigenvalue weighted by atomic mass is 16.5. The van der Waals surface area contributed by atoms with E-state index >= 15 is 0 Å². The summed E-state index contributed by atoms with van der Waals surface area (Å²) >= 11 is 0. The molecule has 0 aliphatic carbocycles. The van der Waals surface area contributed by atoms with E-state index < -0.39 is 0 Å². The number of aryl methyl sites for hydroxylation is 2. The van der Waals surface area contributed by atoms with Gasteiger partial charge in [-0.05, 0) is 38.0 Å². The molecule has 0 bridgehead atoms. The van der Waals surface area contributed by atoms with Crippen LogP contribution in [0.25, 0.3) is 5.69 Å². The fraction of sp³-hybridized carbons (Fsp3) is 0.333. The van der Waals surface area contributed by atoms with Gasteiger partial charge in [-0.25, -0.2) is 9.36 Å². The molecule has 0 aliphatic heterocycles. The molecule has 3 N–H and O–H groups in total. The Morgan fingerprint density at radius 2 is 1.97 bits per heavy atom. The molecule has 0 amide bonds. The minimum atomic E-state index is -0.363. The van der Waals surface area contributed by atoms with Gasteiger partial charge in [-0.15, -0.1) is 0 Å². The lowest BCUT2D eigenvalue weighted by Gasteiger charge is -2.14. The van der Waals surface area contributed by atoms with Crippen molar-refractivity contribution < 1.29 is 9.84 Å². The lowest BCUT2D eigenvalue weighted by molar-refractivity contribution is 0.414. The summed E-state index contributed by atoms with van der Waals surface area (Å²) in [6.07, 6.45) is 5.14. The van der Waals surface area contributed by atoms with Gasteiger partial charge in [-0.2, -0.15) is 5.10 Å². The van der Waals surface area contributed by atoms with Gasteiger partial charge >= 0.3 is 5.69 Å². The number of nitrogens with one attached hydrogen (secondary N) is 2. The highest BCUT2D eigenvalue weighted by molar-refractivity contribution is 6.02. The topological polar surface area (TPSA) is 122 Å². The lowest BCUT2D eigenvalue weighted by atomic mass is 10.00. The second kappa shape index (κ2) is 8.81. The number of aromatic hydroxyl groups is 1. The van der Waals surface area contributed by atoms with Gasteiger partial charge < -0.3 is 20.7 Å². The number of ether oxygens (including phenoxy) is 1. The van der Waals surface area contributed by atoms with Crippen LogP contribution in [0.15, 0.2) is 47.7 Å². The Morgan fingerprint density at radius 1 is 1.23 bits per heavy atom. The van der Waals surface area contributed by atoms with Crippen molar-refractivity contribution >= 4 is 11.4 Å². The number of rotatable bonds is 9. The maximum atomic E-state index is 12.8. The van der Waals surface area contributed by atoms with E-state index in [4.69, 9.17) is 15.6 Å². The molecule has 3 rings (SSSR count). The molecule has 0 spiro atoms. The van der Waals surface area contributed by atoms with Crippen LogP contribution < -0.4 is 10.4 Å². The first-order valence-corrected chi connectivity index (χ1v) is 9.57. The molecule has 2 aromatic heterocycles. The maximum Gasteiger partial charge on any atom is 0.335 e. The fourth-order valence-corrected chi connectivity index (χ4v) is 3.31. The van der Waals surface area contributed by atoms with Gasteiger partial charge in [-0.3, -0.25) is 9.25 Å². The fourth-order valence-electron chi connectivity index (χ4n) is 3.31. The molecule has 0 atom stereocenters. The quantitative estimate of drug-likeness (QED) is 0.469. The number of methoxy groups -OCH3 is 1. The van der Waals surface area contributed by atoms with Gasteiger partial charge in [0.15, 0.2) is 0 Å². The summed E-state index contributed by atoms with van der Waals surface area (Å²) in [5.41, 5.74) is 1.85. The van der Waals surface area contributed by atoms with Gasteiger partial charge in [0.25, 0.3) is 0 Å². The maximum absolute atomic E-state index is 12.8. The van der Waals surface area contributed by atoms with Gasteiger partial charge in [-0.1, -0.05) is 12.1 Å². The average molecular weight is 410 g/mol. The lowest BCUT2D eigenvalue weighted by Crippen LogP contribution is -2.25. The molecular formula is C21H26N6O3. The number of aromatic nitrogens is 4. The minimum absolute atomic E-state index is 0.173. The van der Waals surface area contributed by atoms with Crippen molar-refractivity contribution in [3.8, 4) is 17.3 Å². The molecule has 0 aliphatic rings. The first-order valence-electron chi connectivity index (χ1n) is 9.57. The number of nitrogens with zero attached hydrogens (tertiary/aromatic N) is 4. The molecule has 2 heterocycles. The summed E-state index contributed by atoms with van der Waals surface area (Å²) in [7, 11) is 1.61. The van der Waals surface area contributed by atoms with Crippen LogP contribution >= 0.6 is 0 Å². The van der Waals surface area contributed by atoms with E-state index in [9.17, 15) is 9.90 Å². The normalized spacial score (nSPS) is 12.0. The Bertz CT molecular complexity index is 1110. The van der Waals surface area contributed by atoms with E-state index in [0.717, 1.165) is 11.3 Å². The summed E-state index contributed by atoms with van der Waals surface area (Å²) in [6, 6.07) is 7.63. The van der Waals surface area contributed by atoms with E-state index in [-0.39, 0.29) is 17.5 Å². The molecule has 3 aromatic rings. The second-order valence-electron chi connectivity index (χ2n) is 7.24. The van der Waals surface area contributed by atoms with E-state index in [1.807, 2.05) is 24.3 Å². The summed E-state index contributed by atoms with van der Waals surface area (Å²) < 4.78 is 9.45. The van der Waals surface area contributed by atoms with Crippen molar-refractivity contribution in [2.45, 2.75) is 33.4 Å². The Balaban J connectivity index is 1.79. The van der Waals surface area contributed by atoms with Crippen molar-refractivity contribution in [2.75, 3.05) is 7.11 Å². The van der Waals surface area contributed by atoms with Crippen LogP contribution in [0.2, 0.25) is 0 Å². The zero-order valence-corrected chi connectivity index (χ0v) is 17.3. The number of imidazole rings is 1. The standard InChI is InChI=1S/C21H26N6O3/c1-14(22)19(15(2)23)12-26-11-17(10-24-26)27-20(28)13-25(21(27)29)8-7-16-5-4-6-18(9-16)30-3/h4-6,9-11,13,19,22-23,28H,7-8,12H2,1-3H3. The zero-order chi connectivity index (χ0) is 21.8. The van der Waals surface area contributed by atoms with Crippen molar-refractivity contribution in [2.24, 2.45) is 5.92 Å². The van der Waals surface area contributed by atoms with Crippen molar-refractivity contribution in [1.29, 1.82) is 10.8 Å². The Kier molecular flexibility index (Phi) is 6.20. The zero-order valence-electron chi connectivity index (χ0n) is 17.3. The van der Waals surface area contributed by atoms with E-state index in [1.54, 1.807) is 31.8 Å². The first-order chi connectivity index (χ1) is 14.3. The average Bonchev–Trinajstić information content (AvgIpc) is 3.27. The van der Waals surface area contributed by atoms with Crippen LogP contribution in [-0.2, 0) is 19.5 Å². The third kappa shape index (κ3) is 4.51. The number of benzene rings is 1. The molecule has 0 fully saturated rings. The molecule has 0 unspecified atom stereocenters. The summed E-state index contributed by atoms with van der Waals surface area (Å²) in [4.78, 5) is 12.8. The second-order valence-corrected chi connectivity index (χ2v) is 7.24. The molecule has 9 nitrogen and oxygen atoms in total. The van der Waals surface area contributed by atoms with Crippen LogP contribution in [0.3, 0.4) is 0 Å². The van der Waals surface area contributed by atoms with Crippen LogP contribution in [0.1, 0.15) is 19.4 Å².